The van der Waals surface area contributed by atoms with Gasteiger partial charge in [-0.1, -0.05) is 6.92 Å². The van der Waals surface area contributed by atoms with Gasteiger partial charge in [-0.2, -0.15) is 0 Å². The molecule has 29 heavy (non-hydrogen) atoms. The van der Waals surface area contributed by atoms with Gasteiger partial charge in [0.1, 0.15) is 22.9 Å². The summed E-state index contributed by atoms with van der Waals surface area (Å²) in [6.07, 6.45) is 1.95. The molecule has 0 spiro atoms. The third-order valence-electron chi connectivity index (χ3n) is 4.53. The number of hydrogen-bond acceptors (Lipinski definition) is 8. The molecule has 0 unspecified atom stereocenters. The molecule has 152 valence electrons. The second kappa shape index (κ2) is 7.78. The number of rotatable bonds is 7. The van der Waals surface area contributed by atoms with Crippen LogP contribution in [0.2, 0.25) is 0 Å². The van der Waals surface area contributed by atoms with Crippen LogP contribution in [0.25, 0.3) is 0 Å². The Morgan fingerprint density at radius 1 is 1.21 bits per heavy atom. The molecule has 0 saturated heterocycles. The number of hydrogen-bond donors (Lipinski definition) is 3. The Hall–Kier alpha value is -3.62. The number of furan rings is 1. The van der Waals surface area contributed by atoms with E-state index in [1.54, 1.807) is 0 Å². The van der Waals surface area contributed by atoms with Crippen LogP contribution in [0.3, 0.4) is 0 Å². The Morgan fingerprint density at radius 3 is 2.48 bits per heavy atom. The number of amides is 1. The molecule has 0 saturated carbocycles. The lowest BCUT2D eigenvalue weighted by Gasteiger charge is -2.21. The van der Waals surface area contributed by atoms with Crippen LogP contribution in [-0.2, 0) is 0 Å². The van der Waals surface area contributed by atoms with Crippen molar-refractivity contribution in [2.24, 2.45) is 0 Å². The summed E-state index contributed by atoms with van der Waals surface area (Å²) < 4.78 is 5.61. The third-order valence-corrected chi connectivity index (χ3v) is 4.53. The van der Waals surface area contributed by atoms with Crippen LogP contribution in [-0.4, -0.2) is 35.0 Å². The largest absolute Gasteiger partial charge is 0.504 e. The predicted octanol–water partition coefficient (Wildman–Crippen LogP) is 2.29. The molecule has 0 fully saturated rings. The first-order valence-electron chi connectivity index (χ1n) is 9.07. The molecular weight excluding hydrogens is 376 g/mol. The molecule has 0 aliphatic carbocycles. The summed E-state index contributed by atoms with van der Waals surface area (Å²) in [4.78, 5) is 41.5. The van der Waals surface area contributed by atoms with Crippen molar-refractivity contribution in [3.05, 3.63) is 62.1 Å². The normalized spacial score (nSPS) is 12.0. The van der Waals surface area contributed by atoms with Gasteiger partial charge in [0.15, 0.2) is 11.4 Å². The third kappa shape index (κ3) is 3.71. The molecule has 1 atom stereocenters. The average Bonchev–Trinajstić information content (AvgIpc) is 3.13. The molecule has 3 rings (SSSR count). The van der Waals surface area contributed by atoms with E-state index in [1.807, 2.05) is 26.0 Å². The van der Waals surface area contributed by atoms with E-state index in [2.05, 4.69) is 15.6 Å². The first-order chi connectivity index (χ1) is 13.7. The van der Waals surface area contributed by atoms with Gasteiger partial charge in [0.25, 0.3) is 16.8 Å². The molecule has 2 heterocycles. The summed E-state index contributed by atoms with van der Waals surface area (Å²) >= 11 is 0. The van der Waals surface area contributed by atoms with Gasteiger partial charge in [0.05, 0.1) is 11.7 Å². The van der Waals surface area contributed by atoms with E-state index >= 15 is 0 Å². The predicted molar refractivity (Wildman–Crippen MR) is 109 cm³/mol. The molecule has 0 aliphatic rings. The second-order valence-corrected chi connectivity index (χ2v) is 6.84. The maximum atomic E-state index is 12.1. The van der Waals surface area contributed by atoms with E-state index < -0.39 is 22.5 Å². The SMILES string of the molecule is CC[C@@H](Nc1c(Nc2ccnc(C(=O)N(C)C)c2O)c(=O)c1=O)c1ccc(C)o1. The number of aromatic nitrogens is 1. The summed E-state index contributed by atoms with van der Waals surface area (Å²) in [6.45, 7) is 3.74. The Kier molecular flexibility index (Phi) is 5.40. The van der Waals surface area contributed by atoms with Crippen LogP contribution in [0, 0.1) is 6.92 Å². The van der Waals surface area contributed by atoms with Gasteiger partial charge in [0, 0.05) is 20.3 Å². The summed E-state index contributed by atoms with van der Waals surface area (Å²) in [5, 5.41) is 16.2. The minimum Gasteiger partial charge on any atom is -0.504 e. The van der Waals surface area contributed by atoms with Gasteiger partial charge < -0.3 is 25.1 Å². The van der Waals surface area contributed by atoms with Crippen molar-refractivity contribution in [2.75, 3.05) is 24.7 Å². The number of aromatic hydroxyl groups is 1. The first kappa shape index (κ1) is 20.1. The zero-order valence-corrected chi connectivity index (χ0v) is 16.6. The van der Waals surface area contributed by atoms with E-state index in [4.69, 9.17) is 4.42 Å². The van der Waals surface area contributed by atoms with Crippen LogP contribution in [0.5, 0.6) is 5.75 Å². The van der Waals surface area contributed by atoms with Crippen LogP contribution in [0.4, 0.5) is 17.1 Å². The van der Waals surface area contributed by atoms with Gasteiger partial charge in [0.2, 0.25) is 0 Å². The highest BCUT2D eigenvalue weighted by molar-refractivity contribution is 5.97. The molecule has 0 aliphatic heterocycles. The van der Waals surface area contributed by atoms with Gasteiger partial charge in [-0.25, -0.2) is 4.98 Å². The van der Waals surface area contributed by atoms with Crippen LogP contribution in [0.1, 0.15) is 41.4 Å². The average molecular weight is 398 g/mol. The van der Waals surface area contributed by atoms with Crippen LogP contribution < -0.4 is 21.5 Å². The number of aryl methyl sites for hydroxylation is 1. The molecule has 3 N–H and O–H groups in total. The number of nitrogens with zero attached hydrogens (tertiary/aromatic N) is 2. The monoisotopic (exact) mass is 398 g/mol. The van der Waals surface area contributed by atoms with Crippen LogP contribution in [0.15, 0.2) is 38.4 Å². The lowest BCUT2D eigenvalue weighted by molar-refractivity contribution is 0.0819. The molecule has 3 aromatic rings. The number of pyridine rings is 1. The van der Waals surface area contributed by atoms with Crippen molar-refractivity contribution < 1.29 is 14.3 Å². The van der Waals surface area contributed by atoms with E-state index in [9.17, 15) is 19.5 Å². The van der Waals surface area contributed by atoms with E-state index in [0.717, 1.165) is 5.76 Å². The number of carbonyl (C=O) groups excluding carboxylic acids is 1. The summed E-state index contributed by atoms with van der Waals surface area (Å²) in [5.41, 5.74) is -1.32. The highest BCUT2D eigenvalue weighted by Crippen LogP contribution is 2.32. The standard InChI is InChI=1S/C20H22N4O5/c1-5-11(13-7-6-10(2)29-13)22-14-15(19(27)18(14)26)23-12-8-9-21-16(17(12)25)20(28)24(3)4/h6-9,11,22,25H,5H2,1-4H3,(H,21,23)/t11-/m1/s1. The molecule has 0 bridgehead atoms. The molecule has 0 radical (unpaired) electrons. The molecule has 1 amide bonds. The van der Waals surface area contributed by atoms with Gasteiger partial charge in [-0.15, -0.1) is 0 Å². The Morgan fingerprint density at radius 2 is 1.90 bits per heavy atom. The zero-order chi connectivity index (χ0) is 21.3. The summed E-state index contributed by atoms with van der Waals surface area (Å²) in [7, 11) is 3.06. The minimum atomic E-state index is -0.713. The Balaban J connectivity index is 1.90. The fourth-order valence-electron chi connectivity index (χ4n) is 2.90. The van der Waals surface area contributed by atoms with E-state index in [0.29, 0.717) is 12.2 Å². The number of anilines is 3. The Bertz CT molecular complexity index is 1120. The quantitative estimate of drug-likeness (QED) is 0.518. The molecule has 9 nitrogen and oxygen atoms in total. The maximum Gasteiger partial charge on any atom is 0.275 e. The molecule has 2 aromatic heterocycles. The van der Waals surface area contributed by atoms with Gasteiger partial charge >= 0.3 is 0 Å². The fourth-order valence-corrected chi connectivity index (χ4v) is 2.90. The maximum absolute atomic E-state index is 12.1. The van der Waals surface area contributed by atoms with Crippen molar-refractivity contribution in [1.82, 2.24) is 9.88 Å². The fraction of sp³-hybridized carbons (Fsp3) is 0.300. The van der Waals surface area contributed by atoms with Crippen molar-refractivity contribution in [2.45, 2.75) is 26.3 Å². The summed E-state index contributed by atoms with van der Waals surface area (Å²) in [6, 6.07) is 4.74. The first-order valence-corrected chi connectivity index (χ1v) is 9.07. The van der Waals surface area contributed by atoms with Crippen LogP contribution >= 0.6 is 0 Å². The zero-order valence-electron chi connectivity index (χ0n) is 16.6. The highest BCUT2D eigenvalue weighted by atomic mass is 16.3. The highest BCUT2D eigenvalue weighted by Gasteiger charge is 2.26. The van der Waals surface area contributed by atoms with Crippen molar-refractivity contribution in [1.29, 1.82) is 0 Å². The molecule has 1 aromatic carbocycles. The second-order valence-electron chi connectivity index (χ2n) is 6.84. The Labute approximate surface area is 166 Å². The van der Waals surface area contributed by atoms with Crippen molar-refractivity contribution in [3.63, 3.8) is 0 Å². The lowest BCUT2D eigenvalue weighted by atomic mass is 10.1. The summed E-state index contributed by atoms with van der Waals surface area (Å²) in [5.74, 6) is 0.491. The minimum absolute atomic E-state index is 0.0153. The van der Waals surface area contributed by atoms with E-state index in [1.165, 1.54) is 31.3 Å². The van der Waals surface area contributed by atoms with Crippen molar-refractivity contribution in [3.8, 4) is 5.75 Å². The van der Waals surface area contributed by atoms with E-state index in [-0.39, 0.29) is 28.8 Å². The lowest BCUT2D eigenvalue weighted by Crippen LogP contribution is -2.37. The topological polar surface area (TPSA) is 125 Å². The number of nitrogens with one attached hydrogen (secondary N) is 2. The molecular formula is C20H22N4O5. The van der Waals surface area contributed by atoms with Crippen molar-refractivity contribution >= 4 is 23.0 Å². The smallest absolute Gasteiger partial charge is 0.275 e. The molecule has 9 heteroatoms. The van der Waals surface area contributed by atoms with Gasteiger partial charge in [-0.05, 0) is 31.5 Å². The van der Waals surface area contributed by atoms with Gasteiger partial charge in [-0.3, -0.25) is 14.4 Å². The number of carbonyl (C=O) groups is 1.